The minimum atomic E-state index is -1.08. The predicted molar refractivity (Wildman–Crippen MR) is 101 cm³/mol. The maximum absolute atomic E-state index is 12.4. The van der Waals surface area contributed by atoms with E-state index in [1.165, 1.54) is 24.3 Å². The number of ether oxygens (including phenoxy) is 2. The van der Waals surface area contributed by atoms with E-state index in [0.29, 0.717) is 11.3 Å². The first-order valence-corrected chi connectivity index (χ1v) is 8.56. The average Bonchev–Trinajstić information content (AvgIpc) is 2.65. The second kappa shape index (κ2) is 11.5. The number of aliphatic carboxylic acids is 1. The van der Waals surface area contributed by atoms with Crippen molar-refractivity contribution in [2.75, 3.05) is 26.3 Å². The molecule has 0 saturated carbocycles. The first kappa shape index (κ1) is 22.9. The van der Waals surface area contributed by atoms with Gasteiger partial charge >= 0.3 is 5.97 Å². The molecule has 9 heteroatoms. The zero-order valence-electron chi connectivity index (χ0n) is 15.1. The number of hydrogen-bond donors (Lipinski definition) is 3. The third-order valence-corrected chi connectivity index (χ3v) is 4.01. The second-order valence-corrected chi connectivity index (χ2v) is 6.12. The minimum absolute atomic E-state index is 0. The Labute approximate surface area is 164 Å². The molecular weight excluding hydrogens is 376 g/mol. The Kier molecular flexibility index (Phi) is 9.77. The lowest BCUT2D eigenvalue weighted by Crippen LogP contribution is -2.42. The van der Waals surface area contributed by atoms with Crippen molar-refractivity contribution in [2.45, 2.75) is 31.9 Å². The number of benzene rings is 1. The summed E-state index contributed by atoms with van der Waals surface area (Å²) in [6.45, 7) is 2.86. The molecule has 1 aliphatic rings. The van der Waals surface area contributed by atoms with Crippen LogP contribution in [-0.2, 0) is 14.3 Å². The number of carbonyl (C=O) groups excluding carboxylic acids is 2. The van der Waals surface area contributed by atoms with Crippen LogP contribution in [-0.4, -0.2) is 61.2 Å². The van der Waals surface area contributed by atoms with Crippen molar-refractivity contribution in [3.8, 4) is 5.75 Å². The van der Waals surface area contributed by atoms with Gasteiger partial charge in [0.1, 0.15) is 12.4 Å². The normalized spacial score (nSPS) is 15.3. The summed E-state index contributed by atoms with van der Waals surface area (Å²) in [5, 5.41) is 14.4. The molecule has 0 aliphatic carbocycles. The minimum Gasteiger partial charge on any atom is -0.482 e. The van der Waals surface area contributed by atoms with E-state index in [0.717, 1.165) is 25.9 Å². The van der Waals surface area contributed by atoms with Gasteiger partial charge in [-0.05, 0) is 57.1 Å². The number of piperidine rings is 1. The van der Waals surface area contributed by atoms with Crippen LogP contribution in [0.3, 0.4) is 0 Å². The molecule has 1 atom stereocenters. The maximum Gasteiger partial charge on any atom is 0.341 e. The van der Waals surface area contributed by atoms with Crippen LogP contribution in [0.25, 0.3) is 0 Å². The first-order valence-electron chi connectivity index (χ1n) is 8.56. The van der Waals surface area contributed by atoms with Crippen LogP contribution in [0.4, 0.5) is 0 Å². The number of carbonyl (C=O) groups is 3. The molecule has 150 valence electrons. The van der Waals surface area contributed by atoms with E-state index < -0.39 is 18.6 Å². The molecule has 1 amide bonds. The van der Waals surface area contributed by atoms with E-state index in [4.69, 9.17) is 14.6 Å². The van der Waals surface area contributed by atoms with E-state index in [1.54, 1.807) is 6.92 Å². The molecule has 1 aliphatic heterocycles. The van der Waals surface area contributed by atoms with Gasteiger partial charge in [0, 0.05) is 5.56 Å². The van der Waals surface area contributed by atoms with Gasteiger partial charge in [-0.3, -0.25) is 9.59 Å². The van der Waals surface area contributed by atoms with Crippen LogP contribution < -0.4 is 15.4 Å². The molecular formula is C18H25ClN2O6. The molecule has 1 saturated heterocycles. The highest BCUT2D eigenvalue weighted by molar-refractivity contribution is 6.01. The summed E-state index contributed by atoms with van der Waals surface area (Å²) in [6, 6.07) is 5.42. The fourth-order valence-electron chi connectivity index (χ4n) is 2.61. The zero-order chi connectivity index (χ0) is 18.9. The van der Waals surface area contributed by atoms with Crippen LogP contribution in [0, 0.1) is 0 Å². The standard InChI is InChI=1S/C18H24N2O6.ClH/c1-12(20-16(21)10-25-15-6-8-19-9-7-15)18(24)13-2-4-14(5-3-13)26-11-17(22)23;/h2-5,12,15,19H,6-11H2,1H3,(H,20,21)(H,22,23);1H/t12-;/m0./s1. The van der Waals surface area contributed by atoms with Crippen LogP contribution in [0.5, 0.6) is 5.75 Å². The number of ketones is 1. The Hall–Kier alpha value is -2.16. The maximum atomic E-state index is 12.4. The lowest BCUT2D eigenvalue weighted by molar-refractivity contribution is -0.139. The zero-order valence-corrected chi connectivity index (χ0v) is 15.9. The van der Waals surface area contributed by atoms with E-state index >= 15 is 0 Å². The summed E-state index contributed by atoms with van der Waals surface area (Å²) in [4.78, 5) is 34.8. The number of nitrogens with one attached hydrogen (secondary N) is 2. The van der Waals surface area contributed by atoms with Crippen molar-refractivity contribution in [3.63, 3.8) is 0 Å². The lowest BCUT2D eigenvalue weighted by Gasteiger charge is -2.23. The number of rotatable bonds is 9. The molecule has 1 heterocycles. The number of Topliss-reactive ketones (excluding diaryl/α,β-unsaturated/α-hetero) is 1. The van der Waals surface area contributed by atoms with Gasteiger partial charge in [-0.2, -0.15) is 0 Å². The molecule has 0 radical (unpaired) electrons. The largest absolute Gasteiger partial charge is 0.482 e. The van der Waals surface area contributed by atoms with E-state index in [1.807, 2.05) is 0 Å². The fraction of sp³-hybridized carbons (Fsp3) is 0.500. The summed E-state index contributed by atoms with van der Waals surface area (Å²) < 4.78 is 10.6. The monoisotopic (exact) mass is 400 g/mol. The highest BCUT2D eigenvalue weighted by atomic mass is 35.5. The van der Waals surface area contributed by atoms with Crippen LogP contribution >= 0.6 is 12.4 Å². The lowest BCUT2D eigenvalue weighted by atomic mass is 10.1. The van der Waals surface area contributed by atoms with Crippen molar-refractivity contribution < 1.29 is 29.0 Å². The highest BCUT2D eigenvalue weighted by Gasteiger charge is 2.19. The highest BCUT2D eigenvalue weighted by Crippen LogP contribution is 2.13. The number of carboxylic acid groups (broad SMARTS) is 1. The van der Waals surface area contributed by atoms with Crippen molar-refractivity contribution in [2.24, 2.45) is 0 Å². The summed E-state index contributed by atoms with van der Waals surface area (Å²) >= 11 is 0. The van der Waals surface area contributed by atoms with Crippen LogP contribution in [0.15, 0.2) is 24.3 Å². The van der Waals surface area contributed by atoms with E-state index in [9.17, 15) is 14.4 Å². The van der Waals surface area contributed by atoms with Crippen molar-refractivity contribution in [3.05, 3.63) is 29.8 Å². The Morgan fingerprint density at radius 3 is 2.41 bits per heavy atom. The van der Waals surface area contributed by atoms with Crippen LogP contribution in [0.2, 0.25) is 0 Å². The second-order valence-electron chi connectivity index (χ2n) is 6.12. The van der Waals surface area contributed by atoms with Crippen LogP contribution in [0.1, 0.15) is 30.1 Å². The van der Waals surface area contributed by atoms with Gasteiger partial charge in [-0.25, -0.2) is 4.79 Å². The quantitative estimate of drug-likeness (QED) is 0.530. The fourth-order valence-corrected chi connectivity index (χ4v) is 2.61. The molecule has 1 aromatic rings. The molecule has 1 fully saturated rings. The summed E-state index contributed by atoms with van der Waals surface area (Å²) in [5.41, 5.74) is 0.403. The summed E-state index contributed by atoms with van der Waals surface area (Å²) in [5.74, 6) is -1.29. The molecule has 1 aromatic carbocycles. The van der Waals surface area contributed by atoms with Crippen molar-refractivity contribution in [1.29, 1.82) is 0 Å². The topological polar surface area (TPSA) is 114 Å². The summed E-state index contributed by atoms with van der Waals surface area (Å²) in [6.07, 6.45) is 1.82. The van der Waals surface area contributed by atoms with Gasteiger partial charge in [0.15, 0.2) is 12.4 Å². The van der Waals surface area contributed by atoms with Gasteiger partial charge in [0.2, 0.25) is 5.91 Å². The summed E-state index contributed by atoms with van der Waals surface area (Å²) in [7, 11) is 0. The molecule has 3 N–H and O–H groups in total. The molecule has 27 heavy (non-hydrogen) atoms. The van der Waals surface area contributed by atoms with Gasteiger partial charge in [0.05, 0.1) is 12.1 Å². The van der Waals surface area contributed by atoms with Crippen molar-refractivity contribution >= 4 is 30.1 Å². The number of hydrogen-bond acceptors (Lipinski definition) is 6. The third kappa shape index (κ3) is 7.94. The van der Waals surface area contributed by atoms with Crippen molar-refractivity contribution in [1.82, 2.24) is 10.6 Å². The van der Waals surface area contributed by atoms with Gasteiger partial charge in [-0.1, -0.05) is 0 Å². The molecule has 8 nitrogen and oxygen atoms in total. The number of halogens is 1. The number of amides is 1. The Morgan fingerprint density at radius 2 is 1.81 bits per heavy atom. The Balaban J connectivity index is 0.00000364. The predicted octanol–water partition coefficient (Wildman–Crippen LogP) is 1.03. The van der Waals surface area contributed by atoms with E-state index in [-0.39, 0.29) is 36.8 Å². The average molecular weight is 401 g/mol. The van der Waals surface area contributed by atoms with Gasteiger partial charge < -0.3 is 25.2 Å². The molecule has 2 rings (SSSR count). The molecule has 0 bridgehead atoms. The smallest absolute Gasteiger partial charge is 0.341 e. The van der Waals surface area contributed by atoms with E-state index in [2.05, 4.69) is 10.6 Å². The third-order valence-electron chi connectivity index (χ3n) is 4.01. The Bertz CT molecular complexity index is 631. The van der Waals surface area contributed by atoms with Gasteiger partial charge in [-0.15, -0.1) is 12.4 Å². The van der Waals surface area contributed by atoms with Gasteiger partial charge in [0.25, 0.3) is 0 Å². The molecule has 0 unspecified atom stereocenters. The molecule has 0 aromatic heterocycles. The number of carboxylic acids is 1. The first-order chi connectivity index (χ1) is 12.5. The molecule has 0 spiro atoms. The Morgan fingerprint density at radius 1 is 1.19 bits per heavy atom. The SMILES string of the molecule is C[C@H](NC(=O)COC1CCNCC1)C(=O)c1ccc(OCC(=O)O)cc1.Cl.